The first-order valence-electron chi connectivity index (χ1n) is 8.56. The number of anilines is 1. The molecule has 0 fully saturated rings. The molecule has 3 aromatic rings. The quantitative estimate of drug-likeness (QED) is 0.610. The van der Waals surface area contributed by atoms with E-state index in [-0.39, 0.29) is 5.91 Å². The maximum absolute atomic E-state index is 13.2. The molecule has 1 aromatic heterocycles. The summed E-state index contributed by atoms with van der Waals surface area (Å²) in [5.41, 5.74) is 3.07. The predicted molar refractivity (Wildman–Crippen MR) is 110 cm³/mol. The van der Waals surface area contributed by atoms with Crippen LogP contribution in [0.3, 0.4) is 0 Å². The summed E-state index contributed by atoms with van der Waals surface area (Å²) in [5, 5.41) is 1.98. The lowest BCUT2D eigenvalue weighted by Crippen LogP contribution is -2.32. The number of nitrogens with zero attached hydrogens (tertiary/aromatic N) is 2. The highest BCUT2D eigenvalue weighted by atomic mass is 32.1. The molecule has 1 aliphatic rings. The fourth-order valence-corrected chi connectivity index (χ4v) is 3.69. The van der Waals surface area contributed by atoms with Crippen LogP contribution in [0.25, 0.3) is 6.08 Å². The number of benzene rings is 2. The number of ether oxygens (including phenoxy) is 1. The molecule has 0 aliphatic carbocycles. The number of para-hydroxylation sites is 1. The largest absolute Gasteiger partial charge is 0.496 e. The van der Waals surface area contributed by atoms with E-state index >= 15 is 0 Å². The number of aliphatic imine (C=N–C) groups is 1. The Labute approximate surface area is 162 Å². The highest BCUT2D eigenvalue weighted by Crippen LogP contribution is 2.31. The molecular weight excluding hydrogens is 356 g/mol. The molecule has 5 heteroatoms. The number of aryl methyl sites for hydroxylation is 1. The minimum atomic E-state index is -0.144. The molecule has 0 saturated heterocycles. The van der Waals surface area contributed by atoms with Crippen LogP contribution in [0, 0.1) is 6.92 Å². The van der Waals surface area contributed by atoms with Gasteiger partial charge >= 0.3 is 0 Å². The molecule has 0 bridgehead atoms. The molecule has 2 aromatic carbocycles. The monoisotopic (exact) mass is 374 g/mol. The Morgan fingerprint density at radius 3 is 2.67 bits per heavy atom. The van der Waals surface area contributed by atoms with Crippen molar-refractivity contribution in [1.82, 2.24) is 0 Å². The standard InChI is InChI=1S/C22H18N2O2S/c1-15-7-5-8-16(13-15)24-21(18-10-3-4-11-20(18)26-2)23-19(22(24)25)14-17-9-6-12-27-17/h3-14H,1-2H3/b19-14+. The molecular formula is C22H18N2O2S. The summed E-state index contributed by atoms with van der Waals surface area (Å²) in [6, 6.07) is 19.4. The molecule has 1 amide bonds. The van der Waals surface area contributed by atoms with Crippen molar-refractivity contribution in [2.75, 3.05) is 12.0 Å². The normalized spacial score (nSPS) is 15.3. The van der Waals surface area contributed by atoms with Crippen LogP contribution in [-0.4, -0.2) is 18.9 Å². The number of carbonyl (C=O) groups is 1. The van der Waals surface area contributed by atoms with Gasteiger partial charge in [-0.3, -0.25) is 9.69 Å². The lowest BCUT2D eigenvalue weighted by atomic mass is 10.1. The van der Waals surface area contributed by atoms with Gasteiger partial charge in [-0.05, 0) is 54.3 Å². The number of carbonyl (C=O) groups excluding carboxylic acids is 1. The van der Waals surface area contributed by atoms with Gasteiger partial charge in [0, 0.05) is 4.88 Å². The van der Waals surface area contributed by atoms with Crippen molar-refractivity contribution in [3.05, 3.63) is 87.7 Å². The topological polar surface area (TPSA) is 41.9 Å². The zero-order chi connectivity index (χ0) is 18.8. The van der Waals surface area contributed by atoms with Crippen molar-refractivity contribution in [3.8, 4) is 5.75 Å². The van der Waals surface area contributed by atoms with E-state index in [0.29, 0.717) is 17.3 Å². The number of thiophene rings is 1. The van der Waals surface area contributed by atoms with E-state index in [4.69, 9.17) is 9.73 Å². The summed E-state index contributed by atoms with van der Waals surface area (Å²) in [6.45, 7) is 2.01. The summed E-state index contributed by atoms with van der Waals surface area (Å²) < 4.78 is 5.51. The van der Waals surface area contributed by atoms with Crippen molar-refractivity contribution in [2.24, 2.45) is 4.99 Å². The molecule has 0 radical (unpaired) electrons. The van der Waals surface area contributed by atoms with E-state index in [1.165, 1.54) is 0 Å². The molecule has 4 nitrogen and oxygen atoms in total. The molecule has 1 aliphatic heterocycles. The van der Waals surface area contributed by atoms with Gasteiger partial charge < -0.3 is 4.74 Å². The summed E-state index contributed by atoms with van der Waals surface area (Å²) >= 11 is 1.57. The Balaban J connectivity index is 1.88. The highest BCUT2D eigenvalue weighted by Gasteiger charge is 2.33. The van der Waals surface area contributed by atoms with Crippen molar-refractivity contribution in [3.63, 3.8) is 0 Å². The van der Waals surface area contributed by atoms with E-state index in [1.807, 2.05) is 79.0 Å². The first kappa shape index (κ1) is 17.2. The molecule has 27 heavy (non-hydrogen) atoms. The Morgan fingerprint density at radius 1 is 1.07 bits per heavy atom. The average Bonchev–Trinajstić information content (AvgIpc) is 3.30. The van der Waals surface area contributed by atoms with Crippen LogP contribution in [0.5, 0.6) is 5.75 Å². The zero-order valence-corrected chi connectivity index (χ0v) is 15.9. The zero-order valence-electron chi connectivity index (χ0n) is 15.0. The summed E-state index contributed by atoms with van der Waals surface area (Å²) in [5.74, 6) is 1.11. The van der Waals surface area contributed by atoms with E-state index in [0.717, 1.165) is 21.7 Å². The number of hydrogen-bond donors (Lipinski definition) is 0. The highest BCUT2D eigenvalue weighted by molar-refractivity contribution is 7.10. The summed E-state index contributed by atoms with van der Waals surface area (Å²) in [4.78, 5) is 20.6. The Morgan fingerprint density at radius 2 is 1.93 bits per heavy atom. The van der Waals surface area contributed by atoms with Gasteiger partial charge in [0.2, 0.25) is 0 Å². The second-order valence-corrected chi connectivity index (χ2v) is 7.14. The molecule has 2 heterocycles. The fraction of sp³-hybridized carbons (Fsp3) is 0.0909. The SMILES string of the molecule is COc1ccccc1C1=N/C(=C/c2cccs2)C(=O)N1c1cccc(C)c1. The Bertz CT molecular complexity index is 1050. The molecule has 0 unspecified atom stereocenters. The first-order valence-corrected chi connectivity index (χ1v) is 9.44. The second kappa shape index (κ2) is 7.21. The third kappa shape index (κ3) is 3.29. The van der Waals surface area contributed by atoms with Crippen molar-refractivity contribution >= 4 is 34.8 Å². The van der Waals surface area contributed by atoms with Gasteiger partial charge in [-0.25, -0.2) is 4.99 Å². The van der Waals surface area contributed by atoms with Crippen molar-refractivity contribution < 1.29 is 9.53 Å². The number of amides is 1. The third-order valence-corrected chi connectivity index (χ3v) is 5.11. The van der Waals surface area contributed by atoms with Gasteiger partial charge in [0.25, 0.3) is 5.91 Å². The summed E-state index contributed by atoms with van der Waals surface area (Å²) in [6.07, 6.45) is 1.83. The number of amidine groups is 1. The van der Waals surface area contributed by atoms with Crippen molar-refractivity contribution in [1.29, 1.82) is 0 Å². The molecule has 0 N–H and O–H groups in total. The molecule has 0 saturated carbocycles. The average molecular weight is 374 g/mol. The van der Waals surface area contributed by atoms with Crippen LogP contribution in [0.2, 0.25) is 0 Å². The summed E-state index contributed by atoms with van der Waals surface area (Å²) in [7, 11) is 1.62. The van der Waals surface area contributed by atoms with E-state index in [1.54, 1.807) is 23.3 Å². The molecule has 134 valence electrons. The van der Waals surface area contributed by atoms with E-state index in [9.17, 15) is 4.79 Å². The van der Waals surface area contributed by atoms with Crippen LogP contribution in [-0.2, 0) is 4.79 Å². The fourth-order valence-electron chi connectivity index (χ4n) is 3.04. The van der Waals surface area contributed by atoms with Gasteiger partial charge in [-0.1, -0.05) is 30.3 Å². The van der Waals surface area contributed by atoms with Crippen LogP contribution < -0.4 is 9.64 Å². The van der Waals surface area contributed by atoms with Crippen LogP contribution in [0.1, 0.15) is 16.0 Å². The van der Waals surface area contributed by atoms with E-state index < -0.39 is 0 Å². The van der Waals surface area contributed by atoms with E-state index in [2.05, 4.69) is 0 Å². The van der Waals surface area contributed by atoms with Gasteiger partial charge in [0.1, 0.15) is 11.4 Å². The Kier molecular flexibility index (Phi) is 4.60. The maximum Gasteiger partial charge on any atom is 0.282 e. The second-order valence-electron chi connectivity index (χ2n) is 6.16. The predicted octanol–water partition coefficient (Wildman–Crippen LogP) is 4.90. The number of rotatable bonds is 4. The smallest absolute Gasteiger partial charge is 0.282 e. The minimum Gasteiger partial charge on any atom is -0.496 e. The van der Waals surface area contributed by atoms with Crippen LogP contribution in [0.4, 0.5) is 5.69 Å². The van der Waals surface area contributed by atoms with Gasteiger partial charge in [-0.15, -0.1) is 11.3 Å². The number of methoxy groups -OCH3 is 1. The molecule has 0 atom stereocenters. The maximum atomic E-state index is 13.2. The molecule has 4 rings (SSSR count). The van der Waals surface area contributed by atoms with Crippen LogP contribution in [0.15, 0.2) is 76.7 Å². The lowest BCUT2D eigenvalue weighted by molar-refractivity contribution is -0.113. The lowest BCUT2D eigenvalue weighted by Gasteiger charge is -2.20. The van der Waals surface area contributed by atoms with Crippen LogP contribution >= 0.6 is 11.3 Å². The first-order chi connectivity index (χ1) is 13.2. The van der Waals surface area contributed by atoms with Gasteiger partial charge in [0.05, 0.1) is 18.4 Å². The van der Waals surface area contributed by atoms with Gasteiger partial charge in [-0.2, -0.15) is 0 Å². The Hall–Kier alpha value is -3.18. The van der Waals surface area contributed by atoms with Gasteiger partial charge in [0.15, 0.2) is 5.84 Å². The molecule has 0 spiro atoms. The number of hydrogen-bond acceptors (Lipinski definition) is 4. The van der Waals surface area contributed by atoms with Crippen molar-refractivity contribution in [2.45, 2.75) is 6.92 Å². The minimum absolute atomic E-state index is 0.144. The third-order valence-electron chi connectivity index (χ3n) is 4.29.